The first-order chi connectivity index (χ1) is 18.8. The van der Waals surface area contributed by atoms with Crippen molar-refractivity contribution in [2.24, 2.45) is 32.9 Å². The number of carboxylic acid groups (broad SMARTS) is 1. The van der Waals surface area contributed by atoms with E-state index in [1.165, 1.54) is 7.11 Å². The van der Waals surface area contributed by atoms with Crippen molar-refractivity contribution in [2.75, 3.05) is 7.11 Å². The highest BCUT2D eigenvalue weighted by molar-refractivity contribution is 6.00. The summed E-state index contributed by atoms with van der Waals surface area (Å²) in [4.78, 5) is 33.7. The highest BCUT2D eigenvalue weighted by atomic mass is 16.5. The van der Waals surface area contributed by atoms with E-state index in [1.807, 2.05) is 54.6 Å². The predicted octanol–water partition coefficient (Wildman–Crippen LogP) is 3.25. The number of fused-ring (bicyclic) bond motifs is 1. The molecule has 1 saturated carbocycles. The van der Waals surface area contributed by atoms with Gasteiger partial charge in [-0.1, -0.05) is 36.4 Å². The van der Waals surface area contributed by atoms with Crippen LogP contribution in [-0.2, 0) is 20.9 Å². The van der Waals surface area contributed by atoms with E-state index in [0.29, 0.717) is 31.0 Å². The van der Waals surface area contributed by atoms with Crippen molar-refractivity contribution >= 4 is 23.9 Å². The van der Waals surface area contributed by atoms with Crippen LogP contribution in [0.4, 0.5) is 0 Å². The molecule has 3 aliphatic rings. The Balaban J connectivity index is 1.42. The number of amides is 1. The summed E-state index contributed by atoms with van der Waals surface area (Å²) in [6, 6.07) is 17.6. The molecule has 0 aromatic heterocycles. The second-order valence-electron chi connectivity index (χ2n) is 10.1. The standard InChI is InChI=1S/C29H31N5O5/c1-38-25(26(30)35)29(28(36)37)12-10-20(11-13-29)24-23-17-32-14-15-34(23,31)27(33-24)21-8-5-9-22(16-21)39-18-19-6-3-2-4-7-19/h2-9,14-17,20,25H,10-13,18,31H2,1H3,(H2-,30,35,36,37)/p+1. The van der Waals surface area contributed by atoms with Crippen LogP contribution in [-0.4, -0.2) is 46.8 Å². The molecule has 0 spiro atoms. The summed E-state index contributed by atoms with van der Waals surface area (Å²) in [5.41, 5.74) is 7.48. The topological polar surface area (TPSA) is 150 Å². The molecule has 0 bridgehead atoms. The Bertz CT molecular complexity index is 1390. The number of allylic oxidation sites excluding steroid dienone is 2. The summed E-state index contributed by atoms with van der Waals surface area (Å²) in [7, 11) is 1.31. The number of rotatable bonds is 9. The van der Waals surface area contributed by atoms with Crippen molar-refractivity contribution < 1.29 is 28.8 Å². The zero-order valence-electron chi connectivity index (χ0n) is 21.7. The third-order valence-corrected chi connectivity index (χ3v) is 7.85. The van der Waals surface area contributed by atoms with Crippen LogP contribution in [0.5, 0.6) is 5.75 Å². The first kappa shape index (κ1) is 26.5. The molecule has 202 valence electrons. The number of hydrogen-bond donors (Lipinski definition) is 3. The molecule has 0 saturated heterocycles. The Kier molecular flexibility index (Phi) is 7.17. The van der Waals surface area contributed by atoms with Gasteiger partial charge in [0.1, 0.15) is 29.7 Å². The fourth-order valence-electron chi connectivity index (χ4n) is 5.78. The lowest BCUT2D eigenvalue weighted by atomic mass is 9.66. The van der Waals surface area contributed by atoms with Crippen LogP contribution in [0.25, 0.3) is 0 Å². The van der Waals surface area contributed by atoms with Gasteiger partial charge in [-0.2, -0.15) is 10.8 Å². The Labute approximate surface area is 226 Å². The number of nitrogens with two attached hydrogens (primary N) is 2. The van der Waals surface area contributed by atoms with Gasteiger partial charge < -0.3 is 20.3 Å². The van der Waals surface area contributed by atoms with Crippen LogP contribution in [0, 0.1) is 11.3 Å². The van der Waals surface area contributed by atoms with E-state index >= 15 is 0 Å². The fourth-order valence-corrected chi connectivity index (χ4v) is 5.78. The molecule has 2 atom stereocenters. The quantitative estimate of drug-likeness (QED) is 0.335. The zero-order chi connectivity index (χ0) is 27.6. The number of quaternary nitrogens is 1. The molecule has 0 radical (unpaired) electrons. The molecule has 1 amide bonds. The minimum Gasteiger partial charge on any atom is -0.489 e. The third kappa shape index (κ3) is 4.78. The van der Waals surface area contributed by atoms with Crippen LogP contribution in [0.1, 0.15) is 36.8 Å². The Morgan fingerprint density at radius 3 is 2.56 bits per heavy atom. The van der Waals surface area contributed by atoms with E-state index in [1.54, 1.807) is 18.6 Å². The summed E-state index contributed by atoms with van der Waals surface area (Å²) < 4.78 is 11.1. The van der Waals surface area contributed by atoms with Crippen molar-refractivity contribution in [2.45, 2.75) is 38.4 Å². The Morgan fingerprint density at radius 2 is 1.90 bits per heavy atom. The largest absolute Gasteiger partial charge is 0.489 e. The zero-order valence-corrected chi connectivity index (χ0v) is 21.7. The van der Waals surface area contributed by atoms with Gasteiger partial charge >= 0.3 is 5.97 Å². The lowest BCUT2D eigenvalue weighted by molar-refractivity contribution is -0.750. The van der Waals surface area contributed by atoms with E-state index in [2.05, 4.69) is 4.99 Å². The monoisotopic (exact) mass is 530 g/mol. The molecule has 2 aromatic carbocycles. The molecule has 2 unspecified atom stereocenters. The van der Waals surface area contributed by atoms with Crippen LogP contribution >= 0.6 is 0 Å². The van der Waals surface area contributed by atoms with Crippen molar-refractivity contribution in [1.29, 1.82) is 0 Å². The number of ether oxygens (including phenoxy) is 2. The highest BCUT2D eigenvalue weighted by Crippen LogP contribution is 2.47. The van der Waals surface area contributed by atoms with Gasteiger partial charge in [0.15, 0.2) is 6.10 Å². The second kappa shape index (κ2) is 10.6. The van der Waals surface area contributed by atoms with Crippen molar-refractivity contribution in [1.82, 2.24) is 0 Å². The minimum absolute atomic E-state index is 0.0770. The molecule has 39 heavy (non-hydrogen) atoms. The van der Waals surface area contributed by atoms with Gasteiger partial charge in [-0.3, -0.25) is 14.6 Å². The summed E-state index contributed by atoms with van der Waals surface area (Å²) >= 11 is 0. The van der Waals surface area contributed by atoms with Gasteiger partial charge in [-0.15, -0.1) is 4.59 Å². The number of aliphatic imine (C=N–C) groups is 2. The predicted molar refractivity (Wildman–Crippen MR) is 145 cm³/mol. The number of nitrogens with zero attached hydrogens (tertiary/aromatic N) is 3. The maximum atomic E-state index is 12.3. The van der Waals surface area contributed by atoms with Crippen LogP contribution in [0.2, 0.25) is 0 Å². The Morgan fingerprint density at radius 1 is 1.15 bits per heavy atom. The van der Waals surface area contributed by atoms with E-state index < -0.39 is 23.4 Å². The van der Waals surface area contributed by atoms with E-state index in [4.69, 9.17) is 26.0 Å². The third-order valence-electron chi connectivity index (χ3n) is 7.85. The maximum absolute atomic E-state index is 12.3. The number of benzene rings is 2. The highest BCUT2D eigenvalue weighted by Gasteiger charge is 2.53. The number of carboxylic acids is 1. The summed E-state index contributed by atoms with van der Waals surface area (Å²) in [6.07, 6.45) is 5.31. The first-order valence-corrected chi connectivity index (χ1v) is 12.8. The number of carbonyl (C=O) groups is 2. The number of methoxy groups -OCH3 is 1. The fraction of sp³-hybridized carbons (Fsp3) is 0.310. The molecule has 2 heterocycles. The number of hydrogen-bond acceptors (Lipinski definition) is 7. The first-order valence-electron chi connectivity index (χ1n) is 12.8. The summed E-state index contributed by atoms with van der Waals surface area (Å²) in [5.74, 6) is 6.29. The van der Waals surface area contributed by atoms with E-state index in [0.717, 1.165) is 22.5 Å². The van der Waals surface area contributed by atoms with Gasteiger partial charge in [0.2, 0.25) is 11.6 Å². The van der Waals surface area contributed by atoms with Crippen molar-refractivity contribution in [3.05, 3.63) is 89.5 Å². The average Bonchev–Trinajstić information content (AvgIpc) is 3.26. The minimum atomic E-state index is -1.38. The molecule has 5 N–H and O–H groups in total. The van der Waals surface area contributed by atoms with E-state index in [9.17, 15) is 14.7 Å². The molecule has 10 heteroatoms. The lowest BCUT2D eigenvalue weighted by Gasteiger charge is -2.40. The van der Waals surface area contributed by atoms with Crippen LogP contribution < -0.4 is 16.3 Å². The second-order valence-corrected chi connectivity index (χ2v) is 10.1. The normalized spacial score (nSPS) is 26.6. The molecule has 5 rings (SSSR count). The van der Waals surface area contributed by atoms with Crippen molar-refractivity contribution in [3.8, 4) is 5.75 Å². The van der Waals surface area contributed by atoms with E-state index in [-0.39, 0.29) is 23.4 Å². The number of primary amides is 1. The molecule has 1 fully saturated rings. The van der Waals surface area contributed by atoms with Gasteiger partial charge in [0, 0.05) is 13.0 Å². The van der Waals surface area contributed by atoms with Gasteiger partial charge in [0.05, 0.1) is 18.0 Å². The molecule has 2 aromatic rings. The average molecular weight is 531 g/mol. The SMILES string of the molecule is COC(C(N)=O)C1(C(=O)O)CCC(C2=C3C=NC=C[N+]3(N)C(c3cccc(OCc4ccccc4)c3)=N2)CC1. The lowest BCUT2D eigenvalue weighted by Crippen LogP contribution is -2.53. The Hall–Kier alpha value is -4.12. The molecule has 1 aliphatic carbocycles. The molecule has 2 aliphatic heterocycles. The maximum Gasteiger partial charge on any atom is 0.312 e. The number of amidine groups is 1. The number of aliphatic carboxylic acids is 1. The summed E-state index contributed by atoms with van der Waals surface area (Å²) in [6.45, 7) is 0.432. The molecule has 10 nitrogen and oxygen atoms in total. The van der Waals surface area contributed by atoms with Crippen LogP contribution in [0.15, 0.2) is 88.4 Å². The number of carbonyl (C=O) groups excluding carboxylic acids is 1. The van der Waals surface area contributed by atoms with Gasteiger partial charge in [-0.25, -0.2) is 0 Å². The summed E-state index contributed by atoms with van der Waals surface area (Å²) in [5, 5.41) is 10.1. The van der Waals surface area contributed by atoms with Crippen LogP contribution in [0.3, 0.4) is 0 Å². The smallest absolute Gasteiger partial charge is 0.312 e. The molecular weight excluding hydrogens is 498 g/mol. The molecular formula is C29H32N5O5+. The van der Waals surface area contributed by atoms with Gasteiger partial charge in [0.25, 0.3) is 5.84 Å². The van der Waals surface area contributed by atoms with Crippen molar-refractivity contribution in [3.63, 3.8) is 0 Å². The van der Waals surface area contributed by atoms with Gasteiger partial charge in [-0.05, 0) is 49.4 Å².